The molecule has 2 fully saturated rings. The van der Waals surface area contributed by atoms with E-state index in [1.165, 1.54) is 29.4 Å². The molecule has 0 unspecified atom stereocenters. The first-order valence-electron chi connectivity index (χ1n) is 25.6. The summed E-state index contributed by atoms with van der Waals surface area (Å²) in [6.45, 7) is 10.5. The smallest absolute Gasteiger partial charge is 0.409 e. The van der Waals surface area contributed by atoms with Gasteiger partial charge in [-0.1, -0.05) is 55.0 Å². The van der Waals surface area contributed by atoms with Gasteiger partial charge in [0.15, 0.2) is 0 Å². The van der Waals surface area contributed by atoms with Crippen LogP contribution in [0.4, 0.5) is 4.79 Å². The lowest BCUT2D eigenvalue weighted by Gasteiger charge is -2.29. The molecule has 70 heavy (non-hydrogen) atoms. The van der Waals surface area contributed by atoms with Gasteiger partial charge in [0, 0.05) is 61.6 Å². The van der Waals surface area contributed by atoms with Gasteiger partial charge in [-0.25, -0.2) is 14.8 Å². The molecule has 0 spiro atoms. The third kappa shape index (κ3) is 9.19. The van der Waals surface area contributed by atoms with E-state index >= 15 is 0 Å². The van der Waals surface area contributed by atoms with Gasteiger partial charge in [0.1, 0.15) is 17.4 Å². The van der Waals surface area contributed by atoms with Crippen molar-refractivity contribution in [1.82, 2.24) is 28.9 Å². The number of aromatic nitrogens is 4. The number of esters is 1. The molecule has 0 saturated heterocycles. The second kappa shape index (κ2) is 19.7. The summed E-state index contributed by atoms with van der Waals surface area (Å²) >= 11 is 0. The molecule has 2 saturated carbocycles. The Labute approximate surface area is 410 Å². The van der Waals surface area contributed by atoms with Crippen molar-refractivity contribution in [2.45, 2.75) is 142 Å². The van der Waals surface area contributed by atoms with E-state index in [4.69, 9.17) is 19.4 Å². The molecule has 0 radical (unpaired) electrons. The number of amides is 2. The van der Waals surface area contributed by atoms with Gasteiger partial charge >= 0.3 is 18.0 Å². The zero-order chi connectivity index (χ0) is 48.8. The summed E-state index contributed by atoms with van der Waals surface area (Å²) in [4.78, 5) is 65.9. The molecule has 13 heteroatoms. The van der Waals surface area contributed by atoms with E-state index in [0.717, 1.165) is 95.4 Å². The molecule has 2 aliphatic heterocycles. The molecule has 366 valence electrons. The fraction of sp³-hybridized carbons (Fsp3) is 0.474. The maximum absolute atomic E-state index is 14.0. The van der Waals surface area contributed by atoms with Gasteiger partial charge in [0.2, 0.25) is 5.91 Å². The fourth-order valence-corrected chi connectivity index (χ4v) is 12.3. The van der Waals surface area contributed by atoms with Crippen molar-refractivity contribution in [3.8, 4) is 5.75 Å². The topological polar surface area (TPSA) is 149 Å². The zero-order valence-corrected chi connectivity index (χ0v) is 41.3. The van der Waals surface area contributed by atoms with Crippen molar-refractivity contribution < 1.29 is 33.8 Å². The summed E-state index contributed by atoms with van der Waals surface area (Å²) in [6.07, 6.45) is 8.63. The fourth-order valence-electron chi connectivity index (χ4n) is 12.3. The van der Waals surface area contributed by atoms with E-state index in [1.807, 2.05) is 23.1 Å². The Balaban J connectivity index is 0.865. The standard InChI is InChI=1S/C57H66N6O7/c1-34-10-6-7-12-43(34)29-36(3)63-50-23-21-40-25-27-61(57(68)69-5)33-48(40)52(50)58-53(63)41-16-18-42(19-17-41)56(67)70-46-15-8-11-38(30-46)28-35(2)62-49-22-20-39-24-26-60(37(4)64)32-47(39)51(49)59-54(62)44-13-9-14-45(31-44)55(65)66/h6-8,10-12,15,20-23,30,35-36,41-42,44-45H,9,13-14,16-19,24-29,31-33H2,1-5H3,(H,65,66)/t35-,36+,41?,42?,44+,45+/m0/s1. The molecular weight excluding hydrogens is 881 g/mol. The molecule has 2 aliphatic carbocycles. The van der Waals surface area contributed by atoms with Crippen molar-refractivity contribution in [2.24, 2.45) is 11.8 Å². The number of fused-ring (bicyclic) bond motifs is 6. The van der Waals surface area contributed by atoms with Gasteiger partial charge in [0.25, 0.3) is 0 Å². The maximum Gasteiger partial charge on any atom is 0.409 e. The van der Waals surface area contributed by atoms with Crippen LogP contribution in [0, 0.1) is 18.8 Å². The lowest BCUT2D eigenvalue weighted by molar-refractivity contribution is -0.143. The Bertz CT molecular complexity index is 2980. The minimum atomic E-state index is -0.747. The van der Waals surface area contributed by atoms with Crippen LogP contribution in [0.1, 0.15) is 147 Å². The van der Waals surface area contributed by atoms with Crippen LogP contribution in [0.5, 0.6) is 5.75 Å². The quantitative estimate of drug-likeness (QED) is 0.0989. The Morgan fingerprint density at radius 2 is 1.34 bits per heavy atom. The third-order valence-corrected chi connectivity index (χ3v) is 16.2. The van der Waals surface area contributed by atoms with Gasteiger partial charge in [-0.3, -0.25) is 14.4 Å². The van der Waals surface area contributed by atoms with Gasteiger partial charge in [-0.15, -0.1) is 0 Å². The average molecular weight is 947 g/mol. The molecule has 4 heterocycles. The summed E-state index contributed by atoms with van der Waals surface area (Å²) in [5.74, 6) is 1.10. The number of rotatable bonds is 11. The summed E-state index contributed by atoms with van der Waals surface area (Å²) in [5, 5.41) is 10.0. The Morgan fingerprint density at radius 1 is 0.714 bits per heavy atom. The van der Waals surface area contributed by atoms with E-state index in [2.05, 4.69) is 84.5 Å². The second-order valence-electron chi connectivity index (χ2n) is 20.7. The number of carbonyl (C=O) groups excluding carboxylic acids is 3. The number of imidazole rings is 2. The van der Waals surface area contributed by atoms with Crippen molar-refractivity contribution in [2.75, 3.05) is 20.2 Å². The number of carboxylic acid groups (broad SMARTS) is 1. The normalized spacial score (nSPS) is 21.2. The van der Waals surface area contributed by atoms with Crippen molar-refractivity contribution in [1.29, 1.82) is 0 Å². The van der Waals surface area contributed by atoms with Crippen LogP contribution < -0.4 is 4.74 Å². The number of aliphatic carboxylic acids is 1. The average Bonchev–Trinajstić information content (AvgIpc) is 3.97. The molecule has 4 aromatic carbocycles. The van der Waals surface area contributed by atoms with E-state index < -0.39 is 11.9 Å². The highest BCUT2D eigenvalue weighted by Gasteiger charge is 2.36. The highest BCUT2D eigenvalue weighted by molar-refractivity contribution is 5.84. The van der Waals surface area contributed by atoms with Crippen LogP contribution in [0.2, 0.25) is 0 Å². The second-order valence-corrected chi connectivity index (χ2v) is 20.7. The lowest BCUT2D eigenvalue weighted by Crippen LogP contribution is -2.35. The number of methoxy groups -OCH3 is 1. The summed E-state index contributed by atoms with van der Waals surface area (Å²) in [5.41, 5.74) is 12.1. The molecule has 10 rings (SSSR count). The summed E-state index contributed by atoms with van der Waals surface area (Å²) in [7, 11) is 1.43. The van der Waals surface area contributed by atoms with Crippen LogP contribution in [0.15, 0.2) is 72.8 Å². The largest absolute Gasteiger partial charge is 0.481 e. The number of benzene rings is 4. The molecule has 4 aliphatic rings. The molecular formula is C57H66N6O7. The van der Waals surface area contributed by atoms with Gasteiger partial charge < -0.3 is 33.5 Å². The van der Waals surface area contributed by atoms with Crippen molar-refractivity contribution in [3.05, 3.63) is 123 Å². The van der Waals surface area contributed by atoms with Crippen LogP contribution in [-0.2, 0) is 57.9 Å². The van der Waals surface area contributed by atoms with Crippen molar-refractivity contribution in [3.63, 3.8) is 0 Å². The number of carboxylic acids is 1. The van der Waals surface area contributed by atoms with Gasteiger partial charge in [-0.2, -0.15) is 0 Å². The maximum atomic E-state index is 14.0. The Kier molecular flexibility index (Phi) is 13.3. The van der Waals surface area contributed by atoms with Crippen LogP contribution in [0.25, 0.3) is 22.1 Å². The molecule has 4 atom stereocenters. The SMILES string of the molecule is COC(=O)N1CCc2ccc3c(nc(C4CCC(C(=O)Oc5cccc(C[C@H](C)n6c([C@@H]7CCC[C@@H](C(=O)O)C7)nc7c8c(ccc76)CCN(C(C)=O)C8)c5)CC4)n3[C@H](C)Cc3ccccc3C)c2C1. The number of carbonyl (C=O) groups is 4. The van der Waals surface area contributed by atoms with E-state index in [0.29, 0.717) is 64.0 Å². The molecule has 2 amide bonds. The van der Waals surface area contributed by atoms with Crippen LogP contribution in [-0.4, -0.2) is 78.1 Å². The van der Waals surface area contributed by atoms with Gasteiger partial charge in [0.05, 0.1) is 47.6 Å². The first-order chi connectivity index (χ1) is 33.8. The van der Waals surface area contributed by atoms with Crippen LogP contribution in [0.3, 0.4) is 0 Å². The number of aryl methyl sites for hydroxylation is 1. The van der Waals surface area contributed by atoms with E-state index in [1.54, 1.807) is 11.8 Å². The predicted octanol–water partition coefficient (Wildman–Crippen LogP) is 10.6. The molecule has 0 bridgehead atoms. The van der Waals surface area contributed by atoms with Crippen LogP contribution >= 0.6 is 0 Å². The van der Waals surface area contributed by atoms with E-state index in [9.17, 15) is 24.3 Å². The third-order valence-electron chi connectivity index (χ3n) is 16.2. The number of nitrogens with zero attached hydrogens (tertiary/aromatic N) is 6. The Hall–Kier alpha value is -6.50. The monoisotopic (exact) mass is 946 g/mol. The summed E-state index contributed by atoms with van der Waals surface area (Å²) < 4.78 is 16.1. The predicted molar refractivity (Wildman–Crippen MR) is 268 cm³/mol. The van der Waals surface area contributed by atoms with Gasteiger partial charge in [-0.05, 0) is 143 Å². The zero-order valence-electron chi connectivity index (χ0n) is 41.3. The molecule has 6 aromatic rings. The molecule has 1 N–H and O–H groups in total. The first kappa shape index (κ1) is 47.2. The highest BCUT2D eigenvalue weighted by atomic mass is 16.5. The number of hydrogen-bond acceptors (Lipinski definition) is 8. The first-order valence-corrected chi connectivity index (χ1v) is 25.6. The minimum absolute atomic E-state index is 0.000572. The Morgan fingerprint density at radius 3 is 1.99 bits per heavy atom. The highest BCUT2D eigenvalue weighted by Crippen LogP contribution is 2.43. The molecule has 2 aromatic heterocycles. The number of hydrogen-bond donors (Lipinski definition) is 1. The minimum Gasteiger partial charge on any atom is -0.481 e. The lowest BCUT2D eigenvalue weighted by atomic mass is 9.81. The summed E-state index contributed by atoms with van der Waals surface area (Å²) in [6, 6.07) is 25.2. The molecule has 13 nitrogen and oxygen atoms in total. The number of ether oxygens (including phenoxy) is 2. The van der Waals surface area contributed by atoms with E-state index in [-0.39, 0.29) is 47.8 Å². The van der Waals surface area contributed by atoms with Crippen molar-refractivity contribution >= 4 is 46.0 Å².